The maximum atomic E-state index is 6.11. The van der Waals surface area contributed by atoms with Gasteiger partial charge in [-0.05, 0) is 25.1 Å². The van der Waals surface area contributed by atoms with Crippen molar-refractivity contribution in [3.05, 3.63) is 22.2 Å². The maximum Gasteiger partial charge on any atom is 0.0720 e. The van der Waals surface area contributed by atoms with Gasteiger partial charge in [0.25, 0.3) is 0 Å². The molecule has 3 N–H and O–H groups in total. The Morgan fingerprint density at radius 2 is 1.84 bits per heavy atom. The van der Waals surface area contributed by atoms with Gasteiger partial charge >= 0.3 is 0 Å². The Hall–Kier alpha value is -0.680. The highest BCUT2D eigenvalue weighted by Gasteiger charge is 2.10. The summed E-state index contributed by atoms with van der Waals surface area (Å²) >= 11 is 12.2. The molecule has 106 valence electrons. The van der Waals surface area contributed by atoms with Crippen LogP contribution in [0.4, 0.5) is 11.4 Å². The fraction of sp³-hybridized carbons (Fsp3) is 0.538. The SMILES string of the molecule is Nc1cc(Cl)c(NCCCN2CCOCC2)c(Cl)c1. The first-order valence-corrected chi connectivity index (χ1v) is 7.21. The molecule has 1 fully saturated rings. The van der Waals surface area contributed by atoms with E-state index >= 15 is 0 Å². The van der Waals surface area contributed by atoms with Gasteiger partial charge in [0.15, 0.2) is 0 Å². The average Bonchev–Trinajstić information content (AvgIpc) is 2.38. The minimum absolute atomic E-state index is 0.566. The van der Waals surface area contributed by atoms with Gasteiger partial charge < -0.3 is 15.8 Å². The normalized spacial score (nSPS) is 16.5. The highest BCUT2D eigenvalue weighted by Crippen LogP contribution is 2.32. The molecular formula is C13H19Cl2N3O. The molecule has 1 aromatic rings. The van der Waals surface area contributed by atoms with Gasteiger partial charge in [0.05, 0.1) is 28.9 Å². The molecule has 0 unspecified atom stereocenters. The van der Waals surface area contributed by atoms with Gasteiger partial charge in [0.1, 0.15) is 0 Å². The molecule has 0 aromatic heterocycles. The second-order valence-corrected chi connectivity index (χ2v) is 5.41. The highest BCUT2D eigenvalue weighted by atomic mass is 35.5. The Bertz CT molecular complexity index is 399. The van der Waals surface area contributed by atoms with E-state index in [9.17, 15) is 0 Å². The molecule has 1 saturated heterocycles. The molecule has 6 heteroatoms. The fourth-order valence-electron chi connectivity index (χ4n) is 2.10. The third-order valence-corrected chi connectivity index (χ3v) is 3.72. The van der Waals surface area contributed by atoms with Gasteiger partial charge in [0.2, 0.25) is 0 Å². The minimum Gasteiger partial charge on any atom is -0.399 e. The predicted molar refractivity (Wildman–Crippen MR) is 81.2 cm³/mol. The number of nitrogens with one attached hydrogen (secondary N) is 1. The molecule has 0 amide bonds. The van der Waals surface area contributed by atoms with Crippen LogP contribution in [0.5, 0.6) is 0 Å². The van der Waals surface area contributed by atoms with E-state index in [1.807, 2.05) is 0 Å². The molecule has 0 radical (unpaired) electrons. The van der Waals surface area contributed by atoms with Crippen molar-refractivity contribution in [1.82, 2.24) is 4.90 Å². The second-order valence-electron chi connectivity index (χ2n) is 4.59. The first-order valence-electron chi connectivity index (χ1n) is 6.45. The summed E-state index contributed by atoms with van der Waals surface area (Å²) in [7, 11) is 0. The van der Waals surface area contributed by atoms with Gasteiger partial charge in [0, 0.05) is 25.3 Å². The monoisotopic (exact) mass is 303 g/mol. The minimum atomic E-state index is 0.566. The van der Waals surface area contributed by atoms with Crippen molar-refractivity contribution in [1.29, 1.82) is 0 Å². The van der Waals surface area contributed by atoms with E-state index in [1.54, 1.807) is 12.1 Å². The van der Waals surface area contributed by atoms with Crippen molar-refractivity contribution in [2.45, 2.75) is 6.42 Å². The second kappa shape index (κ2) is 7.20. The van der Waals surface area contributed by atoms with Crippen LogP contribution in [0.3, 0.4) is 0 Å². The molecule has 1 aliphatic rings. The quantitative estimate of drug-likeness (QED) is 0.649. The van der Waals surface area contributed by atoms with Crippen LogP contribution in [0.2, 0.25) is 10.0 Å². The zero-order valence-corrected chi connectivity index (χ0v) is 12.3. The number of benzene rings is 1. The Morgan fingerprint density at radius 3 is 2.47 bits per heavy atom. The first kappa shape index (κ1) is 14.7. The number of nitrogen functional groups attached to an aromatic ring is 1. The number of nitrogens with zero attached hydrogens (tertiary/aromatic N) is 1. The van der Waals surface area contributed by atoms with Gasteiger partial charge in [-0.3, -0.25) is 4.90 Å². The predicted octanol–water partition coefficient (Wildman–Crippen LogP) is 2.71. The number of rotatable bonds is 5. The zero-order valence-electron chi connectivity index (χ0n) is 10.8. The van der Waals surface area contributed by atoms with E-state index < -0.39 is 0 Å². The topological polar surface area (TPSA) is 50.5 Å². The van der Waals surface area contributed by atoms with E-state index in [0.717, 1.165) is 51.5 Å². The number of halogens is 2. The Balaban J connectivity index is 1.76. The molecule has 0 aliphatic carbocycles. The molecule has 1 aromatic carbocycles. The Kier molecular flexibility index (Phi) is 5.58. The molecule has 0 bridgehead atoms. The summed E-state index contributed by atoms with van der Waals surface area (Å²) in [6.45, 7) is 5.60. The van der Waals surface area contributed by atoms with Crippen LogP contribution in [0.1, 0.15) is 6.42 Å². The summed E-state index contributed by atoms with van der Waals surface area (Å²) in [5.74, 6) is 0. The molecular weight excluding hydrogens is 285 g/mol. The molecule has 0 spiro atoms. The van der Waals surface area contributed by atoms with Crippen molar-refractivity contribution in [2.75, 3.05) is 50.4 Å². The van der Waals surface area contributed by atoms with Crippen LogP contribution < -0.4 is 11.1 Å². The summed E-state index contributed by atoms with van der Waals surface area (Å²) < 4.78 is 5.31. The summed E-state index contributed by atoms with van der Waals surface area (Å²) in [5.41, 5.74) is 7.01. The summed E-state index contributed by atoms with van der Waals surface area (Å²) in [4.78, 5) is 2.40. The number of anilines is 2. The van der Waals surface area contributed by atoms with Crippen LogP contribution in [0, 0.1) is 0 Å². The van der Waals surface area contributed by atoms with Crippen molar-refractivity contribution in [3.8, 4) is 0 Å². The summed E-state index contributed by atoms with van der Waals surface area (Å²) in [6, 6.07) is 3.41. The number of morpholine rings is 1. The lowest BCUT2D eigenvalue weighted by atomic mass is 10.2. The molecule has 0 saturated carbocycles. The van der Waals surface area contributed by atoms with Crippen molar-refractivity contribution in [3.63, 3.8) is 0 Å². The molecule has 2 rings (SSSR count). The fourth-order valence-corrected chi connectivity index (χ4v) is 2.74. The van der Waals surface area contributed by atoms with Crippen LogP contribution in [0.15, 0.2) is 12.1 Å². The van der Waals surface area contributed by atoms with Crippen molar-refractivity contribution >= 4 is 34.6 Å². The maximum absolute atomic E-state index is 6.11. The lowest BCUT2D eigenvalue weighted by molar-refractivity contribution is 0.0378. The van der Waals surface area contributed by atoms with Crippen molar-refractivity contribution in [2.24, 2.45) is 0 Å². The number of ether oxygens (including phenoxy) is 1. The Labute approximate surface area is 123 Å². The molecule has 1 aliphatic heterocycles. The van der Waals surface area contributed by atoms with Crippen LogP contribution >= 0.6 is 23.2 Å². The highest BCUT2D eigenvalue weighted by molar-refractivity contribution is 6.39. The largest absolute Gasteiger partial charge is 0.399 e. The Morgan fingerprint density at radius 1 is 1.21 bits per heavy atom. The first-order chi connectivity index (χ1) is 9.16. The average molecular weight is 304 g/mol. The molecule has 0 atom stereocenters. The van der Waals surface area contributed by atoms with Crippen LogP contribution in [0.25, 0.3) is 0 Å². The van der Waals surface area contributed by atoms with E-state index in [4.69, 9.17) is 33.7 Å². The summed E-state index contributed by atoms with van der Waals surface area (Å²) in [5, 5.41) is 4.40. The number of hydrogen-bond acceptors (Lipinski definition) is 4. The van der Waals surface area contributed by atoms with E-state index in [1.165, 1.54) is 0 Å². The molecule has 4 nitrogen and oxygen atoms in total. The van der Waals surface area contributed by atoms with Crippen molar-refractivity contribution < 1.29 is 4.74 Å². The third-order valence-electron chi connectivity index (χ3n) is 3.12. The number of nitrogens with two attached hydrogens (primary N) is 1. The van der Waals surface area contributed by atoms with Gasteiger partial charge in [-0.25, -0.2) is 0 Å². The van der Waals surface area contributed by atoms with E-state index in [-0.39, 0.29) is 0 Å². The molecule has 1 heterocycles. The van der Waals surface area contributed by atoms with Crippen LogP contribution in [-0.2, 0) is 4.74 Å². The van der Waals surface area contributed by atoms with E-state index in [2.05, 4.69) is 10.2 Å². The van der Waals surface area contributed by atoms with Crippen LogP contribution in [-0.4, -0.2) is 44.3 Å². The lowest BCUT2D eigenvalue weighted by Crippen LogP contribution is -2.37. The smallest absolute Gasteiger partial charge is 0.0720 e. The zero-order chi connectivity index (χ0) is 13.7. The number of hydrogen-bond donors (Lipinski definition) is 2. The lowest BCUT2D eigenvalue weighted by Gasteiger charge is -2.26. The summed E-state index contributed by atoms with van der Waals surface area (Å²) in [6.07, 6.45) is 1.04. The standard InChI is InChI=1S/C13H19Cl2N3O/c14-11-8-10(16)9-12(15)13(11)17-2-1-3-18-4-6-19-7-5-18/h8-9,17H,1-7,16H2. The van der Waals surface area contributed by atoms with E-state index in [0.29, 0.717) is 15.7 Å². The van der Waals surface area contributed by atoms with Gasteiger partial charge in [-0.1, -0.05) is 23.2 Å². The van der Waals surface area contributed by atoms with Gasteiger partial charge in [-0.15, -0.1) is 0 Å². The third kappa shape index (κ3) is 4.42. The molecule has 19 heavy (non-hydrogen) atoms. The van der Waals surface area contributed by atoms with Gasteiger partial charge in [-0.2, -0.15) is 0 Å².